The minimum absolute atomic E-state index is 0.122. The van der Waals surface area contributed by atoms with E-state index >= 15 is 0 Å². The number of hydrogen-bond acceptors (Lipinski definition) is 1. The van der Waals surface area contributed by atoms with Crippen LogP contribution >= 0.6 is 0 Å². The molecule has 0 saturated heterocycles. The van der Waals surface area contributed by atoms with Gasteiger partial charge >= 0.3 is 0 Å². The van der Waals surface area contributed by atoms with Crippen LogP contribution in [0.3, 0.4) is 0 Å². The predicted molar refractivity (Wildman–Crippen MR) is 54.2 cm³/mol. The Bertz CT molecular complexity index is 202. The summed E-state index contributed by atoms with van der Waals surface area (Å²) in [6, 6.07) is 0. The summed E-state index contributed by atoms with van der Waals surface area (Å²) < 4.78 is 0. The fraction of sp³-hybridized carbons (Fsp3) is 0.909. The molecule has 0 radical (unpaired) electrons. The van der Waals surface area contributed by atoms with Gasteiger partial charge in [-0.15, -0.1) is 0 Å². The smallest absolute Gasteiger partial charge is 0.223 e. The van der Waals surface area contributed by atoms with Crippen molar-refractivity contribution in [3.63, 3.8) is 0 Å². The Labute approximate surface area is 80.9 Å². The molecule has 1 fully saturated rings. The first-order valence-corrected chi connectivity index (χ1v) is 5.20. The zero-order valence-corrected chi connectivity index (χ0v) is 9.02. The molecule has 0 unspecified atom stereocenters. The molecule has 1 aliphatic carbocycles. The van der Waals surface area contributed by atoms with Gasteiger partial charge in [-0.3, -0.25) is 4.79 Å². The molecule has 0 atom stereocenters. The van der Waals surface area contributed by atoms with Gasteiger partial charge in [-0.1, -0.05) is 40.0 Å². The summed E-state index contributed by atoms with van der Waals surface area (Å²) in [6.07, 6.45) is 6.08. The largest absolute Gasteiger partial charge is 0.369 e. The molecule has 0 heterocycles. The van der Waals surface area contributed by atoms with E-state index in [-0.39, 0.29) is 16.7 Å². The van der Waals surface area contributed by atoms with Crippen molar-refractivity contribution in [2.24, 2.45) is 16.6 Å². The molecule has 0 spiro atoms. The van der Waals surface area contributed by atoms with Crippen LogP contribution in [0.4, 0.5) is 0 Å². The Hall–Kier alpha value is -0.530. The van der Waals surface area contributed by atoms with Crippen LogP contribution < -0.4 is 5.73 Å². The summed E-state index contributed by atoms with van der Waals surface area (Å²) >= 11 is 0. The van der Waals surface area contributed by atoms with Gasteiger partial charge in [-0.2, -0.15) is 0 Å². The lowest BCUT2D eigenvalue weighted by Gasteiger charge is -2.44. The van der Waals surface area contributed by atoms with Gasteiger partial charge < -0.3 is 5.73 Å². The van der Waals surface area contributed by atoms with E-state index in [1.54, 1.807) is 0 Å². The lowest BCUT2D eigenvalue weighted by atomic mass is 9.59. The molecule has 0 aliphatic heterocycles. The van der Waals surface area contributed by atoms with E-state index in [0.717, 1.165) is 12.8 Å². The first kappa shape index (κ1) is 10.6. The van der Waals surface area contributed by atoms with Gasteiger partial charge in [0.05, 0.1) is 0 Å². The lowest BCUT2D eigenvalue weighted by Crippen LogP contribution is -2.46. The normalized spacial score (nSPS) is 22.7. The first-order valence-electron chi connectivity index (χ1n) is 5.20. The Balaban J connectivity index is 2.82. The van der Waals surface area contributed by atoms with Crippen LogP contribution in [0.1, 0.15) is 52.9 Å². The van der Waals surface area contributed by atoms with Crippen molar-refractivity contribution >= 4 is 5.91 Å². The topological polar surface area (TPSA) is 43.1 Å². The zero-order chi connectivity index (χ0) is 10.1. The van der Waals surface area contributed by atoms with Gasteiger partial charge in [-0.05, 0) is 18.3 Å². The van der Waals surface area contributed by atoms with Crippen molar-refractivity contribution < 1.29 is 4.79 Å². The summed E-state index contributed by atoms with van der Waals surface area (Å²) in [4.78, 5) is 11.3. The number of carbonyl (C=O) groups excluding carboxylic acids is 1. The standard InChI is InChI=1S/C11H21NO/c1-10(2,9(12)13)11(3)7-5-4-6-8-11/h4-8H2,1-3H3,(H2,12,13). The third-order valence-electron chi connectivity index (χ3n) is 4.08. The molecular formula is C11H21NO. The fourth-order valence-corrected chi connectivity index (χ4v) is 2.25. The minimum Gasteiger partial charge on any atom is -0.369 e. The zero-order valence-electron chi connectivity index (χ0n) is 9.02. The van der Waals surface area contributed by atoms with Crippen LogP contribution in [-0.4, -0.2) is 5.91 Å². The van der Waals surface area contributed by atoms with Crippen molar-refractivity contribution in [2.75, 3.05) is 0 Å². The van der Waals surface area contributed by atoms with Gasteiger partial charge in [0.25, 0.3) is 0 Å². The van der Waals surface area contributed by atoms with Gasteiger partial charge in [0.1, 0.15) is 0 Å². The van der Waals surface area contributed by atoms with E-state index in [2.05, 4.69) is 6.92 Å². The van der Waals surface area contributed by atoms with Crippen LogP contribution in [0.25, 0.3) is 0 Å². The number of hydrogen-bond donors (Lipinski definition) is 1. The lowest BCUT2D eigenvalue weighted by molar-refractivity contribution is -0.134. The maximum atomic E-state index is 11.3. The number of rotatable bonds is 2. The second kappa shape index (κ2) is 3.32. The fourth-order valence-electron chi connectivity index (χ4n) is 2.25. The second-order valence-corrected chi connectivity index (χ2v) is 5.11. The summed E-state index contributed by atoms with van der Waals surface area (Å²) in [5.74, 6) is -0.156. The molecule has 0 aromatic heterocycles. The van der Waals surface area contributed by atoms with Crippen molar-refractivity contribution in [3.05, 3.63) is 0 Å². The van der Waals surface area contributed by atoms with Crippen LogP contribution in [0.2, 0.25) is 0 Å². The molecule has 1 aliphatic rings. The third kappa shape index (κ3) is 1.72. The maximum Gasteiger partial charge on any atom is 0.223 e. The summed E-state index contributed by atoms with van der Waals surface area (Å²) in [5.41, 5.74) is 5.22. The summed E-state index contributed by atoms with van der Waals surface area (Å²) in [5, 5.41) is 0. The molecule has 1 amide bonds. The van der Waals surface area contributed by atoms with Gasteiger partial charge in [-0.25, -0.2) is 0 Å². The first-order chi connectivity index (χ1) is 5.90. The van der Waals surface area contributed by atoms with Crippen molar-refractivity contribution in [1.29, 1.82) is 0 Å². The highest BCUT2D eigenvalue weighted by Gasteiger charge is 2.45. The monoisotopic (exact) mass is 183 g/mol. The highest BCUT2D eigenvalue weighted by atomic mass is 16.1. The molecule has 1 rings (SSSR count). The van der Waals surface area contributed by atoms with Crippen LogP contribution in [0, 0.1) is 10.8 Å². The average molecular weight is 183 g/mol. The molecular weight excluding hydrogens is 162 g/mol. The van der Waals surface area contributed by atoms with E-state index in [0.29, 0.717) is 0 Å². The molecule has 0 bridgehead atoms. The van der Waals surface area contributed by atoms with Gasteiger partial charge in [0.15, 0.2) is 0 Å². The molecule has 2 nitrogen and oxygen atoms in total. The Morgan fingerprint density at radius 2 is 1.69 bits per heavy atom. The van der Waals surface area contributed by atoms with E-state index in [9.17, 15) is 4.79 Å². The molecule has 0 aromatic rings. The quantitative estimate of drug-likeness (QED) is 0.702. The molecule has 1 saturated carbocycles. The number of nitrogens with two attached hydrogens (primary N) is 1. The molecule has 76 valence electrons. The summed E-state index contributed by atoms with van der Waals surface area (Å²) in [6.45, 7) is 6.18. The Morgan fingerprint density at radius 3 is 2.08 bits per heavy atom. The maximum absolute atomic E-state index is 11.3. The van der Waals surface area contributed by atoms with Crippen molar-refractivity contribution in [3.8, 4) is 0 Å². The predicted octanol–water partition coefficient (Wildman–Crippen LogP) is 2.47. The SMILES string of the molecule is CC1(C(C)(C)C(N)=O)CCCCC1. The minimum atomic E-state index is -0.354. The molecule has 2 N–H and O–H groups in total. The van der Waals surface area contributed by atoms with Crippen molar-refractivity contribution in [2.45, 2.75) is 52.9 Å². The van der Waals surface area contributed by atoms with Crippen molar-refractivity contribution in [1.82, 2.24) is 0 Å². The number of amides is 1. The second-order valence-electron chi connectivity index (χ2n) is 5.11. The van der Waals surface area contributed by atoms with E-state index in [4.69, 9.17) is 5.73 Å². The Kier molecular flexibility index (Phi) is 2.69. The Morgan fingerprint density at radius 1 is 1.23 bits per heavy atom. The van der Waals surface area contributed by atoms with Gasteiger partial charge in [0, 0.05) is 5.41 Å². The van der Waals surface area contributed by atoms with Crippen LogP contribution in [-0.2, 0) is 4.79 Å². The number of carbonyl (C=O) groups is 1. The summed E-state index contributed by atoms with van der Waals surface area (Å²) in [7, 11) is 0. The van der Waals surface area contributed by atoms with E-state index < -0.39 is 0 Å². The molecule has 2 heteroatoms. The average Bonchev–Trinajstić information content (AvgIpc) is 2.05. The van der Waals surface area contributed by atoms with E-state index in [1.165, 1.54) is 19.3 Å². The van der Waals surface area contributed by atoms with E-state index in [1.807, 2.05) is 13.8 Å². The molecule has 0 aromatic carbocycles. The van der Waals surface area contributed by atoms with Crippen LogP contribution in [0.5, 0.6) is 0 Å². The highest BCUT2D eigenvalue weighted by molar-refractivity contribution is 5.80. The third-order valence-corrected chi connectivity index (χ3v) is 4.08. The van der Waals surface area contributed by atoms with Gasteiger partial charge in [0.2, 0.25) is 5.91 Å². The molecule has 13 heavy (non-hydrogen) atoms. The van der Waals surface area contributed by atoms with Crippen LogP contribution in [0.15, 0.2) is 0 Å². The number of primary amides is 1. The highest BCUT2D eigenvalue weighted by Crippen LogP contribution is 2.49.